The molecule has 1 aliphatic rings. The van der Waals surface area contributed by atoms with Crippen LogP contribution < -0.4 is 5.32 Å². The van der Waals surface area contributed by atoms with Crippen LogP contribution >= 0.6 is 11.6 Å². The highest BCUT2D eigenvalue weighted by molar-refractivity contribution is 6.29. The third kappa shape index (κ3) is 3.30. The number of piperidine rings is 1. The lowest BCUT2D eigenvalue weighted by Gasteiger charge is -2.32. The zero-order chi connectivity index (χ0) is 12.3. The van der Waals surface area contributed by atoms with Gasteiger partial charge in [0.25, 0.3) is 0 Å². The maximum atomic E-state index is 5.80. The van der Waals surface area contributed by atoms with E-state index < -0.39 is 0 Å². The Kier molecular flexibility index (Phi) is 4.18. The van der Waals surface area contributed by atoms with Gasteiger partial charge in [0.1, 0.15) is 0 Å². The summed E-state index contributed by atoms with van der Waals surface area (Å²) in [5.74, 6) is 0.859. The first-order valence-corrected chi connectivity index (χ1v) is 6.55. The van der Waals surface area contributed by atoms with E-state index in [4.69, 9.17) is 11.6 Å². The van der Waals surface area contributed by atoms with Crippen molar-refractivity contribution >= 4 is 17.4 Å². The molecule has 1 aromatic heterocycles. The van der Waals surface area contributed by atoms with Crippen molar-refractivity contribution in [2.45, 2.75) is 32.7 Å². The molecule has 0 aliphatic carbocycles. The molecule has 2 heterocycles. The van der Waals surface area contributed by atoms with Crippen LogP contribution in [0.25, 0.3) is 0 Å². The largest absolute Gasteiger partial charge is 0.364 e. The molecule has 1 saturated heterocycles. The average Bonchev–Trinajstić information content (AvgIpc) is 2.33. The summed E-state index contributed by atoms with van der Waals surface area (Å²) in [6.45, 7) is 7.61. The average molecular weight is 255 g/mol. The van der Waals surface area contributed by atoms with Gasteiger partial charge in [0, 0.05) is 12.6 Å². The first-order chi connectivity index (χ1) is 8.19. The van der Waals surface area contributed by atoms with Crippen LogP contribution in [0.2, 0.25) is 5.15 Å². The molecule has 0 aromatic carbocycles. The highest BCUT2D eigenvalue weighted by Crippen LogP contribution is 2.18. The minimum absolute atomic E-state index is 0.451. The highest BCUT2D eigenvalue weighted by atomic mass is 35.5. The Hall–Kier alpha value is -0.870. The fourth-order valence-electron chi connectivity index (χ4n) is 2.25. The van der Waals surface area contributed by atoms with Crippen molar-refractivity contribution < 1.29 is 0 Å². The third-order valence-corrected chi connectivity index (χ3v) is 3.43. The molecule has 1 N–H and O–H groups in total. The zero-order valence-corrected chi connectivity index (χ0v) is 11.2. The summed E-state index contributed by atoms with van der Waals surface area (Å²) in [6.07, 6.45) is 2.44. The van der Waals surface area contributed by atoms with Gasteiger partial charge in [0.05, 0.1) is 0 Å². The van der Waals surface area contributed by atoms with Gasteiger partial charge in [-0.1, -0.05) is 18.5 Å². The number of halogens is 1. The molecule has 1 fully saturated rings. The fourth-order valence-corrected chi connectivity index (χ4v) is 2.45. The van der Waals surface area contributed by atoms with Crippen LogP contribution in [0.15, 0.2) is 6.07 Å². The molecule has 0 spiro atoms. The predicted molar refractivity (Wildman–Crippen MR) is 70.5 cm³/mol. The van der Waals surface area contributed by atoms with E-state index >= 15 is 0 Å². The summed E-state index contributed by atoms with van der Waals surface area (Å²) in [5.41, 5.74) is 1.05. The predicted octanol–water partition coefficient (Wildman–Crippen LogP) is 2.33. The molecular formula is C12H19ClN4. The molecule has 1 aliphatic heterocycles. The van der Waals surface area contributed by atoms with Crippen molar-refractivity contribution in [3.8, 4) is 0 Å². The van der Waals surface area contributed by atoms with Gasteiger partial charge in [-0.25, -0.2) is 0 Å². The number of nitrogens with one attached hydrogen (secondary N) is 1. The monoisotopic (exact) mass is 254 g/mol. The summed E-state index contributed by atoms with van der Waals surface area (Å²) in [7, 11) is 0. The van der Waals surface area contributed by atoms with Crippen molar-refractivity contribution in [2.24, 2.45) is 0 Å². The molecule has 2 rings (SSSR count). The Morgan fingerprint density at radius 3 is 3.06 bits per heavy atom. The molecule has 1 aromatic rings. The lowest BCUT2D eigenvalue weighted by molar-refractivity contribution is 0.226. The van der Waals surface area contributed by atoms with Gasteiger partial charge in [-0.05, 0) is 44.5 Å². The molecule has 1 atom stereocenters. The van der Waals surface area contributed by atoms with Gasteiger partial charge in [0.2, 0.25) is 0 Å². The highest BCUT2D eigenvalue weighted by Gasteiger charge is 2.19. The minimum Gasteiger partial charge on any atom is -0.364 e. The minimum atomic E-state index is 0.451. The van der Waals surface area contributed by atoms with Gasteiger partial charge in [-0.15, -0.1) is 10.2 Å². The fraction of sp³-hybridized carbons (Fsp3) is 0.667. The second kappa shape index (κ2) is 5.65. The van der Waals surface area contributed by atoms with Crippen molar-refractivity contribution in [1.82, 2.24) is 15.1 Å². The van der Waals surface area contributed by atoms with E-state index in [0.29, 0.717) is 11.2 Å². The van der Waals surface area contributed by atoms with E-state index in [1.165, 1.54) is 19.4 Å². The number of likely N-dealkylation sites (N-methyl/N-ethyl adjacent to an activating group) is 1. The quantitative estimate of drug-likeness (QED) is 0.899. The van der Waals surface area contributed by atoms with Gasteiger partial charge in [-0.2, -0.15) is 0 Å². The zero-order valence-electron chi connectivity index (χ0n) is 10.4. The summed E-state index contributed by atoms with van der Waals surface area (Å²) in [6, 6.07) is 2.31. The molecule has 0 unspecified atom stereocenters. The molecule has 5 heteroatoms. The van der Waals surface area contributed by atoms with Crippen LogP contribution in [0.5, 0.6) is 0 Å². The number of hydrogen-bond donors (Lipinski definition) is 1. The first kappa shape index (κ1) is 12.6. The second-order valence-electron chi connectivity index (χ2n) is 4.58. The number of hydrogen-bond acceptors (Lipinski definition) is 4. The summed E-state index contributed by atoms with van der Waals surface area (Å²) in [4.78, 5) is 2.46. The van der Waals surface area contributed by atoms with E-state index in [0.717, 1.165) is 24.5 Å². The van der Waals surface area contributed by atoms with Crippen LogP contribution in [0.3, 0.4) is 0 Å². The Balaban J connectivity index is 2.00. The van der Waals surface area contributed by atoms with E-state index in [2.05, 4.69) is 27.3 Å². The number of aromatic nitrogens is 2. The second-order valence-corrected chi connectivity index (χ2v) is 4.96. The SMILES string of the molecule is CCN1CCC[C@@H](Nc2nnc(Cl)cc2C)C1. The molecule has 17 heavy (non-hydrogen) atoms. The molecule has 4 nitrogen and oxygen atoms in total. The topological polar surface area (TPSA) is 41.0 Å². The van der Waals surface area contributed by atoms with Gasteiger partial charge in [-0.3, -0.25) is 0 Å². The normalized spacial score (nSPS) is 21.5. The molecular weight excluding hydrogens is 236 g/mol. The standard InChI is InChI=1S/C12H19ClN4/c1-3-17-6-4-5-10(8-17)14-12-9(2)7-11(13)15-16-12/h7,10H,3-6,8H2,1-2H3,(H,14,16)/t10-/m1/s1. The lowest BCUT2D eigenvalue weighted by atomic mass is 10.1. The van der Waals surface area contributed by atoms with E-state index in [1.54, 1.807) is 0 Å². The summed E-state index contributed by atoms with van der Waals surface area (Å²) in [5, 5.41) is 11.9. The Morgan fingerprint density at radius 2 is 2.35 bits per heavy atom. The van der Waals surface area contributed by atoms with E-state index in [-0.39, 0.29) is 0 Å². The van der Waals surface area contributed by atoms with Crippen LogP contribution in [0.1, 0.15) is 25.3 Å². The molecule has 0 radical (unpaired) electrons. The van der Waals surface area contributed by atoms with Crippen LogP contribution in [-0.4, -0.2) is 40.8 Å². The maximum Gasteiger partial charge on any atom is 0.152 e. The Morgan fingerprint density at radius 1 is 1.53 bits per heavy atom. The summed E-state index contributed by atoms with van der Waals surface area (Å²) < 4.78 is 0. The Bertz CT molecular complexity index is 383. The van der Waals surface area contributed by atoms with Gasteiger partial charge >= 0.3 is 0 Å². The van der Waals surface area contributed by atoms with Gasteiger partial charge in [0.15, 0.2) is 11.0 Å². The maximum absolute atomic E-state index is 5.80. The summed E-state index contributed by atoms with van der Waals surface area (Å²) >= 11 is 5.80. The molecule has 0 bridgehead atoms. The van der Waals surface area contributed by atoms with Crippen molar-refractivity contribution in [1.29, 1.82) is 0 Å². The smallest absolute Gasteiger partial charge is 0.152 e. The molecule has 0 amide bonds. The van der Waals surface area contributed by atoms with Crippen molar-refractivity contribution in [3.05, 3.63) is 16.8 Å². The van der Waals surface area contributed by atoms with Crippen LogP contribution in [0, 0.1) is 6.92 Å². The lowest BCUT2D eigenvalue weighted by Crippen LogP contribution is -2.42. The van der Waals surface area contributed by atoms with Gasteiger partial charge < -0.3 is 10.2 Å². The van der Waals surface area contributed by atoms with E-state index in [1.807, 2.05) is 13.0 Å². The van der Waals surface area contributed by atoms with Crippen molar-refractivity contribution in [3.63, 3.8) is 0 Å². The number of aryl methyl sites for hydroxylation is 1. The number of rotatable bonds is 3. The number of likely N-dealkylation sites (tertiary alicyclic amines) is 1. The number of nitrogens with zero attached hydrogens (tertiary/aromatic N) is 3. The number of anilines is 1. The van der Waals surface area contributed by atoms with Crippen LogP contribution in [0.4, 0.5) is 5.82 Å². The molecule has 0 saturated carbocycles. The van der Waals surface area contributed by atoms with E-state index in [9.17, 15) is 0 Å². The molecule has 94 valence electrons. The Labute approximate surface area is 107 Å². The third-order valence-electron chi connectivity index (χ3n) is 3.25. The van der Waals surface area contributed by atoms with Crippen molar-refractivity contribution in [2.75, 3.05) is 25.0 Å². The van der Waals surface area contributed by atoms with Crippen LogP contribution in [-0.2, 0) is 0 Å². The first-order valence-electron chi connectivity index (χ1n) is 6.17.